The number of likely N-dealkylation sites (tertiary alicyclic amines) is 1. The van der Waals surface area contributed by atoms with E-state index in [0.717, 1.165) is 31.6 Å². The van der Waals surface area contributed by atoms with E-state index in [-0.39, 0.29) is 5.91 Å². The lowest BCUT2D eigenvalue weighted by molar-refractivity contribution is -0.0326. The highest BCUT2D eigenvalue weighted by molar-refractivity contribution is 5.98. The summed E-state index contributed by atoms with van der Waals surface area (Å²) in [6.45, 7) is 3.45. The number of hydrogen-bond acceptors (Lipinski definition) is 4. The fourth-order valence-electron chi connectivity index (χ4n) is 2.89. The molecule has 2 aliphatic rings. The van der Waals surface area contributed by atoms with Gasteiger partial charge in [-0.2, -0.15) is 0 Å². The molecule has 2 heterocycles. The van der Waals surface area contributed by atoms with Crippen LogP contribution in [-0.2, 0) is 4.74 Å². The second kappa shape index (κ2) is 5.52. The summed E-state index contributed by atoms with van der Waals surface area (Å²) in [5.41, 5.74) is 1.35. The van der Waals surface area contributed by atoms with E-state index in [1.54, 1.807) is 18.1 Å². The molecular weight excluding hydrogens is 256 g/mol. The molecule has 5 heteroatoms. The molecule has 1 N–H and O–H groups in total. The smallest absolute Gasteiger partial charge is 0.256 e. The first kappa shape index (κ1) is 13.5. The van der Waals surface area contributed by atoms with Gasteiger partial charge in [0.1, 0.15) is 0 Å². The van der Waals surface area contributed by atoms with Gasteiger partial charge in [0.2, 0.25) is 0 Å². The van der Waals surface area contributed by atoms with Gasteiger partial charge < -0.3 is 14.7 Å². The average molecular weight is 276 g/mol. The zero-order chi connectivity index (χ0) is 14.1. The molecule has 1 saturated heterocycles. The molecule has 0 saturated carbocycles. The first-order chi connectivity index (χ1) is 9.70. The van der Waals surface area contributed by atoms with Crippen molar-refractivity contribution < 1.29 is 14.6 Å². The van der Waals surface area contributed by atoms with Crippen LogP contribution in [0.5, 0.6) is 0 Å². The fourth-order valence-corrected chi connectivity index (χ4v) is 2.89. The zero-order valence-corrected chi connectivity index (χ0v) is 11.7. The number of benzene rings is 1. The van der Waals surface area contributed by atoms with Crippen LogP contribution in [0, 0.1) is 0 Å². The van der Waals surface area contributed by atoms with Crippen LogP contribution >= 0.6 is 0 Å². The summed E-state index contributed by atoms with van der Waals surface area (Å²) in [4.78, 5) is 16.1. The predicted molar refractivity (Wildman–Crippen MR) is 74.3 cm³/mol. The van der Waals surface area contributed by atoms with Crippen molar-refractivity contribution in [2.45, 2.75) is 18.8 Å². The van der Waals surface area contributed by atoms with Crippen LogP contribution in [0.2, 0.25) is 0 Å². The van der Waals surface area contributed by atoms with E-state index < -0.39 is 6.23 Å². The highest BCUT2D eigenvalue weighted by Crippen LogP contribution is 2.31. The molecule has 1 aromatic rings. The average Bonchev–Trinajstić information content (AvgIpc) is 2.66. The monoisotopic (exact) mass is 276 g/mol. The number of fused-ring (bicyclic) bond motifs is 1. The summed E-state index contributed by atoms with van der Waals surface area (Å²) >= 11 is 0. The van der Waals surface area contributed by atoms with Crippen molar-refractivity contribution in [1.82, 2.24) is 9.80 Å². The molecule has 1 aromatic carbocycles. The molecule has 1 unspecified atom stereocenters. The molecule has 1 fully saturated rings. The fraction of sp³-hybridized carbons (Fsp3) is 0.533. The topological polar surface area (TPSA) is 53.0 Å². The Morgan fingerprint density at radius 1 is 1.30 bits per heavy atom. The van der Waals surface area contributed by atoms with E-state index in [9.17, 15) is 9.90 Å². The van der Waals surface area contributed by atoms with Crippen LogP contribution in [-0.4, -0.2) is 60.2 Å². The zero-order valence-electron chi connectivity index (χ0n) is 11.7. The van der Waals surface area contributed by atoms with Gasteiger partial charge in [0.15, 0.2) is 6.23 Å². The SMILES string of the molecule is COC1CN(CCCN2C(=O)c3ccccc3C2O)C1. The van der Waals surface area contributed by atoms with Gasteiger partial charge in [0.25, 0.3) is 5.91 Å². The molecule has 5 nitrogen and oxygen atoms in total. The number of hydrogen-bond donors (Lipinski definition) is 1. The number of nitrogens with zero attached hydrogens (tertiary/aromatic N) is 2. The number of aliphatic hydroxyl groups excluding tert-OH is 1. The lowest BCUT2D eigenvalue weighted by atomic mass is 10.1. The lowest BCUT2D eigenvalue weighted by Gasteiger charge is -2.38. The highest BCUT2D eigenvalue weighted by Gasteiger charge is 2.35. The molecule has 0 radical (unpaired) electrons. The standard InChI is InChI=1S/C15H20N2O3/c1-20-11-9-16(10-11)7-4-8-17-14(18)12-5-2-3-6-13(12)15(17)19/h2-3,5-6,11,14,18H,4,7-10H2,1H3. The van der Waals surface area contributed by atoms with Gasteiger partial charge in [-0.1, -0.05) is 18.2 Å². The minimum atomic E-state index is -0.790. The Morgan fingerprint density at radius 3 is 2.75 bits per heavy atom. The molecule has 20 heavy (non-hydrogen) atoms. The first-order valence-corrected chi connectivity index (χ1v) is 7.04. The molecule has 108 valence electrons. The summed E-state index contributed by atoms with van der Waals surface area (Å²) < 4.78 is 5.23. The van der Waals surface area contributed by atoms with Gasteiger partial charge >= 0.3 is 0 Å². The van der Waals surface area contributed by atoms with E-state index in [1.807, 2.05) is 18.2 Å². The second-order valence-electron chi connectivity index (χ2n) is 5.43. The van der Waals surface area contributed by atoms with Crippen molar-refractivity contribution in [2.75, 3.05) is 33.3 Å². The van der Waals surface area contributed by atoms with Crippen LogP contribution in [0.25, 0.3) is 0 Å². The molecule has 0 bridgehead atoms. The minimum absolute atomic E-state index is 0.0634. The van der Waals surface area contributed by atoms with Crippen molar-refractivity contribution >= 4 is 5.91 Å². The largest absolute Gasteiger partial charge is 0.379 e. The summed E-state index contributed by atoms with van der Waals surface area (Å²) in [5, 5.41) is 10.2. The van der Waals surface area contributed by atoms with Gasteiger partial charge in [0, 0.05) is 44.4 Å². The van der Waals surface area contributed by atoms with Crippen molar-refractivity contribution in [3.05, 3.63) is 35.4 Å². The lowest BCUT2D eigenvalue weighted by Crippen LogP contribution is -2.52. The van der Waals surface area contributed by atoms with E-state index in [4.69, 9.17) is 4.74 Å². The number of aliphatic hydroxyl groups is 1. The van der Waals surface area contributed by atoms with Gasteiger partial charge in [-0.3, -0.25) is 9.69 Å². The van der Waals surface area contributed by atoms with Crippen LogP contribution in [0.1, 0.15) is 28.6 Å². The van der Waals surface area contributed by atoms with Gasteiger partial charge in [-0.15, -0.1) is 0 Å². The van der Waals surface area contributed by atoms with Gasteiger partial charge in [0.05, 0.1) is 6.10 Å². The van der Waals surface area contributed by atoms with Crippen molar-refractivity contribution in [3.63, 3.8) is 0 Å². The third-order valence-electron chi connectivity index (χ3n) is 4.16. The number of carbonyl (C=O) groups is 1. The maximum absolute atomic E-state index is 12.2. The molecule has 1 atom stereocenters. The summed E-state index contributed by atoms with van der Waals surface area (Å²) in [6.07, 6.45) is 0.438. The van der Waals surface area contributed by atoms with Crippen molar-refractivity contribution in [3.8, 4) is 0 Å². The van der Waals surface area contributed by atoms with Gasteiger partial charge in [-0.05, 0) is 12.5 Å². The summed E-state index contributed by atoms with van der Waals surface area (Å²) in [6, 6.07) is 7.28. The Hall–Kier alpha value is -1.43. The third-order valence-corrected chi connectivity index (χ3v) is 4.16. The number of ether oxygens (including phenoxy) is 1. The van der Waals surface area contributed by atoms with E-state index in [1.165, 1.54) is 0 Å². The summed E-state index contributed by atoms with van der Waals surface area (Å²) in [7, 11) is 1.73. The quantitative estimate of drug-likeness (QED) is 0.866. The van der Waals surface area contributed by atoms with Gasteiger partial charge in [-0.25, -0.2) is 0 Å². The first-order valence-electron chi connectivity index (χ1n) is 7.04. The number of methoxy groups -OCH3 is 1. The van der Waals surface area contributed by atoms with Crippen LogP contribution in [0.3, 0.4) is 0 Å². The normalized spacial score (nSPS) is 23.0. The Morgan fingerprint density at radius 2 is 2.05 bits per heavy atom. The molecule has 1 amide bonds. The Labute approximate surface area is 118 Å². The van der Waals surface area contributed by atoms with Crippen molar-refractivity contribution in [1.29, 1.82) is 0 Å². The second-order valence-corrected chi connectivity index (χ2v) is 5.43. The Kier molecular flexibility index (Phi) is 3.74. The number of rotatable bonds is 5. The van der Waals surface area contributed by atoms with E-state index in [0.29, 0.717) is 18.2 Å². The molecule has 0 aromatic heterocycles. The number of carbonyl (C=O) groups excluding carboxylic acids is 1. The maximum Gasteiger partial charge on any atom is 0.256 e. The van der Waals surface area contributed by atoms with Crippen LogP contribution < -0.4 is 0 Å². The summed E-state index contributed by atoms with van der Waals surface area (Å²) in [5.74, 6) is -0.0634. The number of amides is 1. The predicted octanol–water partition coefficient (Wildman–Crippen LogP) is 0.854. The maximum atomic E-state index is 12.2. The Bertz CT molecular complexity index is 500. The van der Waals surface area contributed by atoms with E-state index in [2.05, 4.69) is 4.90 Å². The molecule has 0 spiro atoms. The molecular formula is C15H20N2O3. The van der Waals surface area contributed by atoms with Crippen molar-refractivity contribution in [2.24, 2.45) is 0 Å². The molecule has 3 rings (SSSR count). The van der Waals surface area contributed by atoms with E-state index >= 15 is 0 Å². The van der Waals surface area contributed by atoms with Crippen LogP contribution in [0.4, 0.5) is 0 Å². The van der Waals surface area contributed by atoms with Crippen LogP contribution in [0.15, 0.2) is 24.3 Å². The molecule has 0 aliphatic carbocycles. The Balaban J connectivity index is 1.51. The molecule has 2 aliphatic heterocycles. The highest BCUT2D eigenvalue weighted by atomic mass is 16.5. The minimum Gasteiger partial charge on any atom is -0.379 e. The third kappa shape index (κ3) is 2.32.